The number of ether oxygens (including phenoxy) is 3. The second kappa shape index (κ2) is 9.43. The van der Waals surface area contributed by atoms with Crippen LogP contribution >= 0.6 is 0 Å². The van der Waals surface area contributed by atoms with Gasteiger partial charge in [-0.05, 0) is 49.2 Å². The molecule has 1 aliphatic rings. The summed E-state index contributed by atoms with van der Waals surface area (Å²) in [5.41, 5.74) is 2.62. The number of fused-ring (bicyclic) bond motifs is 1. The van der Waals surface area contributed by atoms with E-state index < -0.39 is 6.10 Å². The number of nitrogens with one attached hydrogen (secondary N) is 1. The molecule has 1 heterocycles. The van der Waals surface area contributed by atoms with E-state index in [0.717, 1.165) is 23.3 Å². The molecule has 3 rings (SSSR count). The predicted octanol–water partition coefficient (Wildman–Crippen LogP) is 2.63. The topological polar surface area (TPSA) is 77.1 Å². The summed E-state index contributed by atoms with van der Waals surface area (Å²) in [5, 5.41) is 2.78. The largest absolute Gasteiger partial charge is 0.497 e. The molecule has 29 heavy (non-hydrogen) atoms. The van der Waals surface area contributed by atoms with E-state index in [1.54, 1.807) is 31.1 Å². The van der Waals surface area contributed by atoms with E-state index in [9.17, 15) is 9.59 Å². The third-order valence-corrected chi connectivity index (χ3v) is 4.77. The van der Waals surface area contributed by atoms with Gasteiger partial charge in [0, 0.05) is 31.5 Å². The van der Waals surface area contributed by atoms with Crippen LogP contribution < -0.4 is 14.8 Å². The predicted molar refractivity (Wildman–Crippen MR) is 109 cm³/mol. The van der Waals surface area contributed by atoms with Crippen LogP contribution in [0.4, 0.5) is 5.69 Å². The molecule has 7 heteroatoms. The fourth-order valence-corrected chi connectivity index (χ4v) is 3.25. The first-order chi connectivity index (χ1) is 14.0. The standard InChI is InChI=1S/C22H26N2O5/c1-15-22(26)24(11-10-16-4-7-19(28-3)8-5-16)13-17-12-18(6-9-20(17)29-15)23-21(25)14-27-2/h4-9,12,15H,10-11,13-14H2,1-3H3,(H,23,25)/t15-/m1/s1. The number of carbonyl (C=O) groups excluding carboxylic acids is 2. The maximum Gasteiger partial charge on any atom is 0.263 e. The second-order valence-electron chi connectivity index (χ2n) is 6.92. The molecule has 0 aromatic heterocycles. The van der Waals surface area contributed by atoms with Crippen molar-refractivity contribution in [3.05, 3.63) is 53.6 Å². The summed E-state index contributed by atoms with van der Waals surface area (Å²) in [6, 6.07) is 13.2. The molecule has 154 valence electrons. The van der Waals surface area contributed by atoms with E-state index >= 15 is 0 Å². The lowest BCUT2D eigenvalue weighted by Gasteiger charge is -2.22. The average Bonchev–Trinajstić information content (AvgIpc) is 2.83. The first-order valence-corrected chi connectivity index (χ1v) is 9.50. The van der Waals surface area contributed by atoms with Gasteiger partial charge in [-0.2, -0.15) is 0 Å². The van der Waals surface area contributed by atoms with Crippen molar-refractivity contribution < 1.29 is 23.8 Å². The molecule has 0 spiro atoms. The van der Waals surface area contributed by atoms with Gasteiger partial charge in [-0.1, -0.05) is 12.1 Å². The Hall–Kier alpha value is -3.06. The minimum atomic E-state index is -0.568. The minimum absolute atomic E-state index is 0.0168. The van der Waals surface area contributed by atoms with Gasteiger partial charge in [0.25, 0.3) is 5.91 Å². The molecule has 2 aromatic carbocycles. The van der Waals surface area contributed by atoms with Crippen LogP contribution in [0.1, 0.15) is 18.1 Å². The van der Waals surface area contributed by atoms with Crippen molar-refractivity contribution in [2.24, 2.45) is 0 Å². The van der Waals surface area contributed by atoms with Gasteiger partial charge in [-0.3, -0.25) is 9.59 Å². The number of hydrogen-bond donors (Lipinski definition) is 1. The SMILES string of the molecule is COCC(=O)Nc1ccc2c(c1)CN(CCc1ccc(OC)cc1)C(=O)[C@@H](C)O2. The zero-order chi connectivity index (χ0) is 20.8. The maximum atomic E-state index is 12.8. The quantitative estimate of drug-likeness (QED) is 0.776. The third kappa shape index (κ3) is 5.26. The number of anilines is 1. The Morgan fingerprint density at radius 3 is 2.66 bits per heavy atom. The summed E-state index contributed by atoms with van der Waals surface area (Å²) in [6.07, 6.45) is 0.156. The first kappa shape index (κ1) is 20.7. The van der Waals surface area contributed by atoms with Gasteiger partial charge < -0.3 is 24.4 Å². The molecule has 1 atom stereocenters. The molecule has 0 saturated carbocycles. The monoisotopic (exact) mass is 398 g/mol. The van der Waals surface area contributed by atoms with Crippen LogP contribution in [0.25, 0.3) is 0 Å². The zero-order valence-electron chi connectivity index (χ0n) is 16.9. The van der Waals surface area contributed by atoms with E-state index in [1.807, 2.05) is 30.3 Å². The number of methoxy groups -OCH3 is 2. The summed E-state index contributed by atoms with van der Waals surface area (Å²) < 4.78 is 15.9. The van der Waals surface area contributed by atoms with Gasteiger partial charge in [0.1, 0.15) is 18.1 Å². The van der Waals surface area contributed by atoms with Crippen molar-refractivity contribution in [1.29, 1.82) is 0 Å². The summed E-state index contributed by atoms with van der Waals surface area (Å²) in [5.74, 6) is 1.17. The van der Waals surface area contributed by atoms with Gasteiger partial charge in [0.05, 0.1) is 7.11 Å². The molecule has 1 aliphatic heterocycles. The van der Waals surface area contributed by atoms with Crippen molar-refractivity contribution in [2.45, 2.75) is 26.0 Å². The molecule has 2 aromatic rings. The molecule has 0 unspecified atom stereocenters. The molecule has 7 nitrogen and oxygen atoms in total. The van der Waals surface area contributed by atoms with Gasteiger partial charge in [-0.25, -0.2) is 0 Å². The molecular formula is C22H26N2O5. The van der Waals surface area contributed by atoms with Gasteiger partial charge in [-0.15, -0.1) is 0 Å². The highest BCUT2D eigenvalue weighted by Crippen LogP contribution is 2.29. The van der Waals surface area contributed by atoms with E-state index in [0.29, 0.717) is 24.5 Å². The Bertz CT molecular complexity index is 866. The van der Waals surface area contributed by atoms with E-state index in [-0.39, 0.29) is 18.4 Å². The summed E-state index contributed by atoms with van der Waals surface area (Å²) >= 11 is 0. The third-order valence-electron chi connectivity index (χ3n) is 4.77. The number of carbonyl (C=O) groups is 2. The van der Waals surface area contributed by atoms with Crippen LogP contribution in [0.15, 0.2) is 42.5 Å². The molecule has 1 N–H and O–H groups in total. The van der Waals surface area contributed by atoms with Crippen molar-refractivity contribution in [3.8, 4) is 11.5 Å². The van der Waals surface area contributed by atoms with Crippen molar-refractivity contribution >= 4 is 17.5 Å². The Kier molecular flexibility index (Phi) is 6.72. The molecule has 0 fully saturated rings. The Balaban J connectivity index is 1.73. The van der Waals surface area contributed by atoms with Gasteiger partial charge in [0.15, 0.2) is 6.10 Å². The number of benzene rings is 2. The lowest BCUT2D eigenvalue weighted by atomic mass is 10.1. The van der Waals surface area contributed by atoms with Crippen LogP contribution in [0, 0.1) is 0 Å². The molecular weight excluding hydrogens is 372 g/mol. The fraction of sp³-hybridized carbons (Fsp3) is 0.364. The number of amides is 2. The highest BCUT2D eigenvalue weighted by atomic mass is 16.5. The van der Waals surface area contributed by atoms with E-state index in [4.69, 9.17) is 14.2 Å². The van der Waals surface area contributed by atoms with Gasteiger partial charge in [0.2, 0.25) is 5.91 Å². The normalized spacial score (nSPS) is 15.9. The summed E-state index contributed by atoms with van der Waals surface area (Å²) in [7, 11) is 3.10. The van der Waals surface area contributed by atoms with Crippen molar-refractivity contribution in [2.75, 3.05) is 32.7 Å². The fourth-order valence-electron chi connectivity index (χ4n) is 3.25. The molecule has 0 radical (unpaired) electrons. The van der Waals surface area contributed by atoms with Gasteiger partial charge >= 0.3 is 0 Å². The van der Waals surface area contributed by atoms with Crippen LogP contribution in [0.2, 0.25) is 0 Å². The Labute approximate surface area is 170 Å². The van der Waals surface area contributed by atoms with E-state index in [2.05, 4.69) is 5.32 Å². The summed E-state index contributed by atoms with van der Waals surface area (Å²) in [4.78, 5) is 26.4. The number of rotatable bonds is 7. The number of nitrogens with zero attached hydrogens (tertiary/aromatic N) is 1. The minimum Gasteiger partial charge on any atom is -0.497 e. The zero-order valence-corrected chi connectivity index (χ0v) is 16.9. The lowest BCUT2D eigenvalue weighted by molar-refractivity contribution is -0.137. The van der Waals surface area contributed by atoms with Crippen LogP contribution in [-0.2, 0) is 27.3 Å². The maximum absolute atomic E-state index is 12.8. The van der Waals surface area contributed by atoms with Crippen LogP contribution in [-0.4, -0.2) is 50.2 Å². The smallest absolute Gasteiger partial charge is 0.263 e. The van der Waals surface area contributed by atoms with Crippen molar-refractivity contribution in [1.82, 2.24) is 4.90 Å². The Morgan fingerprint density at radius 2 is 1.97 bits per heavy atom. The Morgan fingerprint density at radius 1 is 1.21 bits per heavy atom. The molecule has 2 amide bonds. The van der Waals surface area contributed by atoms with Crippen LogP contribution in [0.3, 0.4) is 0 Å². The molecule has 0 aliphatic carbocycles. The van der Waals surface area contributed by atoms with Crippen molar-refractivity contribution in [3.63, 3.8) is 0 Å². The summed E-state index contributed by atoms with van der Waals surface area (Å²) in [6.45, 7) is 2.73. The number of hydrogen-bond acceptors (Lipinski definition) is 5. The average molecular weight is 398 g/mol. The van der Waals surface area contributed by atoms with Crippen LogP contribution in [0.5, 0.6) is 11.5 Å². The lowest BCUT2D eigenvalue weighted by Crippen LogP contribution is -2.39. The highest BCUT2D eigenvalue weighted by molar-refractivity contribution is 5.92. The first-order valence-electron chi connectivity index (χ1n) is 9.50. The molecule has 0 saturated heterocycles. The second-order valence-corrected chi connectivity index (χ2v) is 6.92. The molecule has 0 bridgehead atoms. The van der Waals surface area contributed by atoms with E-state index in [1.165, 1.54) is 7.11 Å². The highest BCUT2D eigenvalue weighted by Gasteiger charge is 2.27.